The van der Waals surface area contributed by atoms with Crippen LogP contribution in [0.3, 0.4) is 0 Å². The van der Waals surface area contributed by atoms with Crippen LogP contribution in [0.4, 0.5) is 0 Å². The monoisotopic (exact) mass is 275 g/mol. The third-order valence-corrected chi connectivity index (χ3v) is 3.02. The lowest BCUT2D eigenvalue weighted by molar-refractivity contribution is 0.1000. The van der Waals surface area contributed by atoms with Gasteiger partial charge >= 0.3 is 0 Å². The SMILES string of the molecule is Cc1ccc(Cl)cc1OCc1ccc(C(N)=O)cc1. The zero-order valence-electron chi connectivity index (χ0n) is 10.5. The number of hydrogen-bond acceptors (Lipinski definition) is 2. The van der Waals surface area contributed by atoms with E-state index in [1.807, 2.05) is 31.2 Å². The summed E-state index contributed by atoms with van der Waals surface area (Å²) in [7, 11) is 0. The summed E-state index contributed by atoms with van der Waals surface area (Å²) in [6.07, 6.45) is 0. The van der Waals surface area contributed by atoms with Crippen molar-refractivity contribution in [1.29, 1.82) is 0 Å². The van der Waals surface area contributed by atoms with Gasteiger partial charge < -0.3 is 10.5 Å². The van der Waals surface area contributed by atoms with Gasteiger partial charge in [0.2, 0.25) is 5.91 Å². The van der Waals surface area contributed by atoms with Crippen molar-refractivity contribution in [3.05, 3.63) is 64.2 Å². The highest BCUT2D eigenvalue weighted by Gasteiger charge is 2.03. The highest BCUT2D eigenvalue weighted by molar-refractivity contribution is 6.30. The van der Waals surface area contributed by atoms with Gasteiger partial charge in [-0.2, -0.15) is 0 Å². The largest absolute Gasteiger partial charge is 0.489 e. The van der Waals surface area contributed by atoms with Crippen molar-refractivity contribution in [2.75, 3.05) is 0 Å². The van der Waals surface area contributed by atoms with Crippen LogP contribution in [0.15, 0.2) is 42.5 Å². The Hall–Kier alpha value is -2.00. The van der Waals surface area contributed by atoms with Crippen LogP contribution in [0.25, 0.3) is 0 Å². The van der Waals surface area contributed by atoms with Gasteiger partial charge in [-0.1, -0.05) is 29.8 Å². The van der Waals surface area contributed by atoms with E-state index in [0.717, 1.165) is 16.9 Å². The van der Waals surface area contributed by atoms with Gasteiger partial charge in [-0.3, -0.25) is 4.79 Å². The molecule has 2 N–H and O–H groups in total. The van der Waals surface area contributed by atoms with E-state index in [4.69, 9.17) is 22.1 Å². The molecule has 1 amide bonds. The first-order valence-electron chi connectivity index (χ1n) is 5.84. The number of nitrogens with two attached hydrogens (primary N) is 1. The van der Waals surface area contributed by atoms with Gasteiger partial charge in [0.1, 0.15) is 12.4 Å². The highest BCUT2D eigenvalue weighted by Crippen LogP contribution is 2.23. The van der Waals surface area contributed by atoms with Crippen molar-refractivity contribution in [2.24, 2.45) is 5.73 Å². The summed E-state index contributed by atoms with van der Waals surface area (Å²) in [5, 5.41) is 0.643. The summed E-state index contributed by atoms with van der Waals surface area (Å²) in [6.45, 7) is 2.38. The molecule has 0 heterocycles. The molecule has 98 valence electrons. The van der Waals surface area contributed by atoms with E-state index in [9.17, 15) is 4.79 Å². The van der Waals surface area contributed by atoms with Gasteiger partial charge in [0.05, 0.1) is 0 Å². The van der Waals surface area contributed by atoms with Gasteiger partial charge in [0.25, 0.3) is 0 Å². The lowest BCUT2D eigenvalue weighted by Gasteiger charge is -2.09. The molecule has 0 aliphatic carbocycles. The van der Waals surface area contributed by atoms with Crippen molar-refractivity contribution < 1.29 is 9.53 Å². The van der Waals surface area contributed by atoms with Crippen LogP contribution in [-0.2, 0) is 6.61 Å². The van der Waals surface area contributed by atoms with Gasteiger partial charge in [-0.15, -0.1) is 0 Å². The minimum atomic E-state index is -0.432. The van der Waals surface area contributed by atoms with Crippen LogP contribution in [0, 0.1) is 6.92 Å². The molecule has 3 nitrogen and oxygen atoms in total. The Morgan fingerprint density at radius 2 is 1.89 bits per heavy atom. The predicted molar refractivity (Wildman–Crippen MR) is 75.5 cm³/mol. The molecule has 4 heteroatoms. The van der Waals surface area contributed by atoms with E-state index >= 15 is 0 Å². The van der Waals surface area contributed by atoms with Crippen molar-refractivity contribution in [3.63, 3.8) is 0 Å². The third-order valence-electron chi connectivity index (χ3n) is 2.78. The molecule has 2 aromatic rings. The summed E-state index contributed by atoms with van der Waals surface area (Å²) in [6, 6.07) is 12.5. The number of hydrogen-bond donors (Lipinski definition) is 1. The summed E-state index contributed by atoms with van der Waals surface area (Å²) in [5.41, 5.74) is 7.66. The molecule has 0 saturated heterocycles. The zero-order valence-corrected chi connectivity index (χ0v) is 11.3. The second kappa shape index (κ2) is 5.76. The molecule has 0 aromatic heterocycles. The maximum atomic E-state index is 11.0. The molecule has 0 aliphatic rings. The van der Waals surface area contributed by atoms with Crippen molar-refractivity contribution in [3.8, 4) is 5.75 Å². The van der Waals surface area contributed by atoms with Gasteiger partial charge in [0, 0.05) is 10.6 Å². The number of carbonyl (C=O) groups is 1. The molecule has 0 spiro atoms. The fraction of sp³-hybridized carbons (Fsp3) is 0.133. The summed E-state index contributed by atoms with van der Waals surface area (Å²) >= 11 is 5.92. The Kier molecular flexibility index (Phi) is 4.07. The van der Waals surface area contributed by atoms with Gasteiger partial charge in [-0.25, -0.2) is 0 Å². The van der Waals surface area contributed by atoms with E-state index in [1.165, 1.54) is 0 Å². The molecule has 0 fully saturated rings. The number of benzene rings is 2. The van der Waals surface area contributed by atoms with Crippen LogP contribution >= 0.6 is 11.6 Å². The van der Waals surface area contributed by atoms with E-state index in [2.05, 4.69) is 0 Å². The molecular formula is C15H14ClNO2. The number of aryl methyl sites for hydroxylation is 1. The molecule has 0 unspecified atom stereocenters. The van der Waals surface area contributed by atoms with Gasteiger partial charge in [0.15, 0.2) is 0 Å². The second-order valence-electron chi connectivity index (χ2n) is 4.26. The Balaban J connectivity index is 2.06. The molecule has 0 radical (unpaired) electrons. The van der Waals surface area contributed by atoms with Crippen molar-refractivity contribution in [1.82, 2.24) is 0 Å². The Bertz CT molecular complexity index is 594. The van der Waals surface area contributed by atoms with E-state index in [0.29, 0.717) is 17.2 Å². The van der Waals surface area contributed by atoms with Gasteiger partial charge in [-0.05, 0) is 42.3 Å². The normalized spacial score (nSPS) is 10.2. The van der Waals surface area contributed by atoms with E-state index in [1.54, 1.807) is 18.2 Å². The van der Waals surface area contributed by atoms with Crippen molar-refractivity contribution >= 4 is 17.5 Å². The molecule has 0 aliphatic heterocycles. The maximum Gasteiger partial charge on any atom is 0.248 e. The highest BCUT2D eigenvalue weighted by atomic mass is 35.5. The van der Waals surface area contributed by atoms with Crippen LogP contribution in [0.5, 0.6) is 5.75 Å². The molecule has 0 bridgehead atoms. The Morgan fingerprint density at radius 1 is 1.21 bits per heavy atom. The fourth-order valence-electron chi connectivity index (χ4n) is 1.66. The maximum absolute atomic E-state index is 11.0. The lowest BCUT2D eigenvalue weighted by Crippen LogP contribution is -2.10. The average Bonchev–Trinajstić information content (AvgIpc) is 2.40. The summed E-state index contributed by atoms with van der Waals surface area (Å²) in [4.78, 5) is 11.0. The summed E-state index contributed by atoms with van der Waals surface area (Å²) < 4.78 is 5.70. The quantitative estimate of drug-likeness (QED) is 0.930. The average molecular weight is 276 g/mol. The topological polar surface area (TPSA) is 52.3 Å². The number of carbonyl (C=O) groups excluding carboxylic acids is 1. The second-order valence-corrected chi connectivity index (χ2v) is 4.70. The zero-order chi connectivity index (χ0) is 13.8. The minimum Gasteiger partial charge on any atom is -0.489 e. The van der Waals surface area contributed by atoms with Crippen LogP contribution < -0.4 is 10.5 Å². The molecule has 2 rings (SSSR count). The standard InChI is InChI=1S/C15H14ClNO2/c1-10-2-7-13(16)8-14(10)19-9-11-3-5-12(6-4-11)15(17)18/h2-8H,9H2,1H3,(H2,17,18). The van der Waals surface area contributed by atoms with Crippen LogP contribution in [0.2, 0.25) is 5.02 Å². The molecular weight excluding hydrogens is 262 g/mol. The number of ether oxygens (including phenoxy) is 1. The molecule has 0 atom stereocenters. The van der Waals surface area contributed by atoms with E-state index in [-0.39, 0.29) is 0 Å². The molecule has 19 heavy (non-hydrogen) atoms. The summed E-state index contributed by atoms with van der Waals surface area (Å²) in [5.74, 6) is 0.324. The number of primary amides is 1. The Labute approximate surface area is 117 Å². The minimum absolute atomic E-state index is 0.417. The fourth-order valence-corrected chi connectivity index (χ4v) is 1.82. The van der Waals surface area contributed by atoms with E-state index < -0.39 is 5.91 Å². The first-order chi connectivity index (χ1) is 9.06. The number of amides is 1. The number of rotatable bonds is 4. The predicted octanol–water partition coefficient (Wildman–Crippen LogP) is 3.33. The smallest absolute Gasteiger partial charge is 0.248 e. The Morgan fingerprint density at radius 3 is 2.53 bits per heavy atom. The molecule has 2 aromatic carbocycles. The van der Waals surface area contributed by atoms with Crippen LogP contribution in [-0.4, -0.2) is 5.91 Å². The molecule has 0 saturated carbocycles. The van der Waals surface area contributed by atoms with Crippen molar-refractivity contribution in [2.45, 2.75) is 13.5 Å². The first-order valence-corrected chi connectivity index (χ1v) is 6.22. The lowest BCUT2D eigenvalue weighted by atomic mass is 10.1. The third kappa shape index (κ3) is 3.48. The number of halogens is 1. The van der Waals surface area contributed by atoms with Crippen LogP contribution in [0.1, 0.15) is 21.5 Å². The first kappa shape index (κ1) is 13.4.